The van der Waals surface area contributed by atoms with E-state index >= 15 is 0 Å². The second-order valence-electron chi connectivity index (χ2n) is 4.89. The number of hydrogen-bond donors (Lipinski definition) is 2. The van der Waals surface area contributed by atoms with Gasteiger partial charge in [-0.15, -0.1) is 0 Å². The van der Waals surface area contributed by atoms with E-state index in [1.165, 1.54) is 4.90 Å². The highest BCUT2D eigenvalue weighted by molar-refractivity contribution is 5.84. The molecule has 6 nitrogen and oxygen atoms in total. The molecular weight excluding hydrogens is 272 g/mol. The third-order valence-electron chi connectivity index (χ3n) is 3.32. The molecule has 2 rings (SSSR count). The highest BCUT2D eigenvalue weighted by atomic mass is 16.4. The zero-order chi connectivity index (χ0) is 15.4. The van der Waals surface area contributed by atoms with Crippen molar-refractivity contribution in [1.29, 1.82) is 0 Å². The van der Waals surface area contributed by atoms with Crippen molar-refractivity contribution in [2.75, 3.05) is 13.1 Å². The molecule has 0 aliphatic rings. The minimum Gasteiger partial charge on any atom is -0.480 e. The molecule has 0 aliphatic heterocycles. The summed E-state index contributed by atoms with van der Waals surface area (Å²) in [5.74, 6) is -2.06. The molecule has 0 atom stereocenters. The monoisotopic (exact) mass is 290 g/mol. The lowest BCUT2D eigenvalue weighted by atomic mass is 10.1. The number of carboxylic acids is 2. The third-order valence-corrected chi connectivity index (χ3v) is 3.32. The van der Waals surface area contributed by atoms with E-state index in [0.717, 1.165) is 23.0 Å². The molecule has 21 heavy (non-hydrogen) atoms. The molecule has 0 fully saturated rings. The Balaban J connectivity index is 2.31. The van der Waals surface area contributed by atoms with Crippen LogP contribution in [0.2, 0.25) is 0 Å². The average Bonchev–Trinajstić information content (AvgIpc) is 2.76. The Morgan fingerprint density at radius 3 is 2.33 bits per heavy atom. The number of fused-ring (bicyclic) bond motifs is 1. The fraction of sp³-hybridized carbons (Fsp3) is 0.333. The van der Waals surface area contributed by atoms with Gasteiger partial charge in [0.25, 0.3) is 0 Å². The zero-order valence-corrected chi connectivity index (χ0v) is 11.8. The number of hydrogen-bond acceptors (Lipinski definition) is 3. The van der Waals surface area contributed by atoms with Crippen LogP contribution in [0.3, 0.4) is 0 Å². The average molecular weight is 290 g/mol. The van der Waals surface area contributed by atoms with Crippen molar-refractivity contribution < 1.29 is 19.8 Å². The molecule has 6 heteroatoms. The van der Waals surface area contributed by atoms with Gasteiger partial charge in [-0.3, -0.25) is 14.5 Å². The standard InChI is InChI=1S/C15H18N2O4/c1-2-17-8-11(12-5-3-4-6-13(12)17)7-16(9-14(18)19)10-15(20)21/h3-6,8H,2,7,9-10H2,1H3,(H,18,19)(H,20,21). The lowest BCUT2D eigenvalue weighted by Crippen LogP contribution is -2.33. The summed E-state index contributed by atoms with van der Waals surface area (Å²) in [6.45, 7) is 2.54. The Hall–Kier alpha value is -2.34. The molecule has 2 aromatic rings. The predicted molar refractivity (Wildman–Crippen MR) is 78.2 cm³/mol. The van der Waals surface area contributed by atoms with Gasteiger partial charge in [0, 0.05) is 30.2 Å². The number of carbonyl (C=O) groups is 2. The normalized spacial score (nSPS) is 11.1. The van der Waals surface area contributed by atoms with Gasteiger partial charge in [0.2, 0.25) is 0 Å². The summed E-state index contributed by atoms with van der Waals surface area (Å²) in [7, 11) is 0. The van der Waals surface area contributed by atoms with Gasteiger partial charge in [-0.1, -0.05) is 18.2 Å². The molecular formula is C15H18N2O4. The molecule has 0 aliphatic carbocycles. The van der Waals surface area contributed by atoms with E-state index < -0.39 is 11.9 Å². The first-order chi connectivity index (χ1) is 10.0. The van der Waals surface area contributed by atoms with Crippen LogP contribution < -0.4 is 0 Å². The van der Waals surface area contributed by atoms with Gasteiger partial charge in [-0.2, -0.15) is 0 Å². The molecule has 0 radical (unpaired) electrons. The van der Waals surface area contributed by atoms with Gasteiger partial charge < -0.3 is 14.8 Å². The van der Waals surface area contributed by atoms with E-state index in [0.29, 0.717) is 6.54 Å². The fourth-order valence-corrected chi connectivity index (χ4v) is 2.50. The molecule has 1 aromatic carbocycles. The molecule has 1 heterocycles. The molecule has 0 saturated carbocycles. The lowest BCUT2D eigenvalue weighted by Gasteiger charge is -2.17. The van der Waals surface area contributed by atoms with E-state index in [1.54, 1.807) is 0 Å². The highest BCUT2D eigenvalue weighted by Gasteiger charge is 2.16. The Morgan fingerprint density at radius 1 is 1.14 bits per heavy atom. The molecule has 0 spiro atoms. The summed E-state index contributed by atoms with van der Waals surface area (Å²) in [6, 6.07) is 7.84. The number of para-hydroxylation sites is 1. The minimum atomic E-state index is -1.03. The molecule has 2 N–H and O–H groups in total. The van der Waals surface area contributed by atoms with Crippen LogP contribution in [0.15, 0.2) is 30.5 Å². The molecule has 0 amide bonds. The second-order valence-corrected chi connectivity index (χ2v) is 4.89. The topological polar surface area (TPSA) is 82.8 Å². The molecule has 0 saturated heterocycles. The van der Waals surface area contributed by atoms with Crippen molar-refractivity contribution in [2.45, 2.75) is 20.0 Å². The molecule has 0 unspecified atom stereocenters. The van der Waals surface area contributed by atoms with Gasteiger partial charge in [0.05, 0.1) is 13.1 Å². The summed E-state index contributed by atoms with van der Waals surface area (Å²) >= 11 is 0. The van der Waals surface area contributed by atoms with E-state index in [9.17, 15) is 9.59 Å². The van der Waals surface area contributed by atoms with Crippen molar-refractivity contribution in [3.63, 3.8) is 0 Å². The van der Waals surface area contributed by atoms with Crippen LogP contribution in [0.5, 0.6) is 0 Å². The Morgan fingerprint density at radius 2 is 1.76 bits per heavy atom. The number of carboxylic acid groups (broad SMARTS) is 2. The quantitative estimate of drug-likeness (QED) is 0.810. The highest BCUT2D eigenvalue weighted by Crippen LogP contribution is 2.22. The van der Waals surface area contributed by atoms with Crippen molar-refractivity contribution in [3.8, 4) is 0 Å². The lowest BCUT2D eigenvalue weighted by molar-refractivity contribution is -0.141. The van der Waals surface area contributed by atoms with Crippen LogP contribution in [-0.2, 0) is 22.7 Å². The van der Waals surface area contributed by atoms with Crippen LogP contribution in [0.25, 0.3) is 10.9 Å². The number of nitrogens with zero attached hydrogens (tertiary/aromatic N) is 2. The van der Waals surface area contributed by atoms with Gasteiger partial charge in [-0.25, -0.2) is 0 Å². The van der Waals surface area contributed by atoms with Crippen molar-refractivity contribution in [2.24, 2.45) is 0 Å². The summed E-state index contributed by atoms with van der Waals surface area (Å²) in [5.41, 5.74) is 2.01. The summed E-state index contributed by atoms with van der Waals surface area (Å²) < 4.78 is 2.07. The zero-order valence-electron chi connectivity index (χ0n) is 11.8. The van der Waals surface area contributed by atoms with Crippen LogP contribution in [0.4, 0.5) is 0 Å². The Kier molecular flexibility index (Phi) is 4.59. The maximum Gasteiger partial charge on any atom is 0.317 e. The Bertz CT molecular complexity index is 647. The minimum absolute atomic E-state index is 0.294. The maximum absolute atomic E-state index is 10.9. The number of benzene rings is 1. The van der Waals surface area contributed by atoms with E-state index in [-0.39, 0.29) is 13.1 Å². The molecule has 0 bridgehead atoms. The van der Waals surface area contributed by atoms with E-state index in [2.05, 4.69) is 4.57 Å². The maximum atomic E-state index is 10.9. The molecule has 1 aromatic heterocycles. The second kappa shape index (κ2) is 6.41. The van der Waals surface area contributed by atoms with Crippen LogP contribution in [-0.4, -0.2) is 44.7 Å². The summed E-state index contributed by atoms with van der Waals surface area (Å²) in [6.07, 6.45) is 1.96. The van der Waals surface area contributed by atoms with Crippen molar-refractivity contribution in [3.05, 3.63) is 36.0 Å². The third kappa shape index (κ3) is 3.61. The number of rotatable bonds is 7. The summed E-state index contributed by atoms with van der Waals surface area (Å²) in [4.78, 5) is 23.1. The predicted octanol–water partition coefficient (Wildman–Crippen LogP) is 1.63. The smallest absolute Gasteiger partial charge is 0.317 e. The number of aliphatic carboxylic acids is 2. The molecule has 112 valence electrons. The van der Waals surface area contributed by atoms with Gasteiger partial charge in [-0.05, 0) is 18.6 Å². The van der Waals surface area contributed by atoms with Gasteiger partial charge in [0.1, 0.15) is 0 Å². The first-order valence-corrected chi connectivity index (χ1v) is 6.74. The number of aromatic nitrogens is 1. The first kappa shape index (κ1) is 15.1. The van der Waals surface area contributed by atoms with Gasteiger partial charge in [0.15, 0.2) is 0 Å². The Labute approximate surface area is 122 Å². The van der Waals surface area contributed by atoms with Crippen molar-refractivity contribution in [1.82, 2.24) is 9.47 Å². The van der Waals surface area contributed by atoms with Crippen LogP contribution in [0, 0.1) is 0 Å². The van der Waals surface area contributed by atoms with Crippen LogP contribution in [0.1, 0.15) is 12.5 Å². The summed E-state index contributed by atoms with van der Waals surface area (Å²) in [5, 5.41) is 18.8. The largest absolute Gasteiger partial charge is 0.480 e. The fourth-order valence-electron chi connectivity index (χ4n) is 2.50. The first-order valence-electron chi connectivity index (χ1n) is 6.74. The van der Waals surface area contributed by atoms with E-state index in [4.69, 9.17) is 10.2 Å². The van der Waals surface area contributed by atoms with E-state index in [1.807, 2.05) is 37.4 Å². The van der Waals surface area contributed by atoms with Gasteiger partial charge >= 0.3 is 11.9 Å². The number of aryl methyl sites for hydroxylation is 1. The van der Waals surface area contributed by atoms with Crippen LogP contribution >= 0.6 is 0 Å². The van der Waals surface area contributed by atoms with Crippen molar-refractivity contribution >= 4 is 22.8 Å². The SMILES string of the molecule is CCn1cc(CN(CC(=O)O)CC(=O)O)c2ccccc21.